The molecule has 196 valence electrons. The molecule has 1 spiro atoms. The van der Waals surface area contributed by atoms with E-state index < -0.39 is 35.0 Å². The van der Waals surface area contributed by atoms with Crippen LogP contribution in [0.25, 0.3) is 6.08 Å². The third kappa shape index (κ3) is 3.10. The molecule has 0 saturated carbocycles. The van der Waals surface area contributed by atoms with Crippen molar-refractivity contribution in [2.45, 2.75) is 18.0 Å². The van der Waals surface area contributed by atoms with E-state index in [1.54, 1.807) is 48.5 Å². The summed E-state index contributed by atoms with van der Waals surface area (Å²) >= 11 is 0. The van der Waals surface area contributed by atoms with Crippen LogP contribution >= 0.6 is 0 Å². The van der Waals surface area contributed by atoms with Crippen molar-refractivity contribution in [3.8, 4) is 5.75 Å². The summed E-state index contributed by atoms with van der Waals surface area (Å²) < 4.78 is 20.7. The zero-order valence-electron chi connectivity index (χ0n) is 21.6. The number of halogens is 1. The van der Waals surface area contributed by atoms with E-state index in [4.69, 9.17) is 4.74 Å². The Bertz CT molecular complexity index is 1720. The highest BCUT2D eigenvalue weighted by atomic mass is 19.1. The Morgan fingerprint density at radius 1 is 0.850 bits per heavy atom. The molecule has 0 bridgehead atoms. The minimum absolute atomic E-state index is 0.0846. The first-order chi connectivity index (χ1) is 19.5. The third-order valence-electron chi connectivity index (χ3n) is 8.57. The molecule has 3 atom stereocenters. The van der Waals surface area contributed by atoms with Gasteiger partial charge in [0.1, 0.15) is 23.0 Å². The maximum atomic E-state index is 15.2. The van der Waals surface area contributed by atoms with Gasteiger partial charge in [-0.3, -0.25) is 14.4 Å². The number of para-hydroxylation sites is 1. The number of ketones is 3. The predicted molar refractivity (Wildman–Crippen MR) is 150 cm³/mol. The quantitative estimate of drug-likeness (QED) is 0.234. The van der Waals surface area contributed by atoms with Gasteiger partial charge >= 0.3 is 0 Å². The Morgan fingerprint density at radius 3 is 2.25 bits per heavy atom. The molecule has 0 unspecified atom stereocenters. The lowest BCUT2D eigenvalue weighted by atomic mass is 9.64. The van der Waals surface area contributed by atoms with E-state index in [9.17, 15) is 14.4 Å². The molecule has 2 aliphatic heterocycles. The highest BCUT2D eigenvalue weighted by Gasteiger charge is 2.71. The minimum atomic E-state index is -1.65. The molecule has 3 aliphatic rings. The molecule has 2 heterocycles. The summed E-state index contributed by atoms with van der Waals surface area (Å²) in [5.74, 6) is -2.20. The van der Waals surface area contributed by atoms with Crippen molar-refractivity contribution in [2.24, 2.45) is 5.41 Å². The van der Waals surface area contributed by atoms with Crippen LogP contribution in [0.1, 0.15) is 48.1 Å². The average Bonchev–Trinajstić information content (AvgIpc) is 3.43. The fourth-order valence-electron chi connectivity index (χ4n) is 6.95. The van der Waals surface area contributed by atoms with Crippen molar-refractivity contribution in [3.63, 3.8) is 0 Å². The van der Waals surface area contributed by atoms with E-state index in [2.05, 4.69) is 0 Å². The fourth-order valence-corrected chi connectivity index (χ4v) is 6.95. The van der Waals surface area contributed by atoms with Gasteiger partial charge in [0.2, 0.25) is 0 Å². The van der Waals surface area contributed by atoms with E-state index >= 15 is 4.39 Å². The SMILES string of the molecule is COc1cccc([C@H]2[C@@H](C(=O)c3ccccc3F)N3c4ccccc4C=C[C@@H]3C23C(=O)c2ccccc2C3=O)c1. The van der Waals surface area contributed by atoms with Crippen LogP contribution < -0.4 is 9.64 Å². The largest absolute Gasteiger partial charge is 0.497 e. The molecule has 0 amide bonds. The molecule has 6 heteroatoms. The molecule has 5 nitrogen and oxygen atoms in total. The van der Waals surface area contributed by atoms with Gasteiger partial charge in [-0.25, -0.2) is 4.39 Å². The summed E-state index contributed by atoms with van der Waals surface area (Å²) in [6, 6.07) is 25.5. The van der Waals surface area contributed by atoms with Crippen LogP contribution in [0.2, 0.25) is 0 Å². The lowest BCUT2D eigenvalue weighted by Gasteiger charge is -2.37. The van der Waals surface area contributed by atoms with Crippen LogP contribution in [0, 0.1) is 11.2 Å². The van der Waals surface area contributed by atoms with E-state index in [0.717, 1.165) is 5.56 Å². The van der Waals surface area contributed by atoms with Crippen LogP contribution in [0.4, 0.5) is 10.1 Å². The number of Topliss-reactive ketones (excluding diaryl/α,β-unsaturated/α-hetero) is 3. The van der Waals surface area contributed by atoms with Crippen molar-refractivity contribution in [1.29, 1.82) is 0 Å². The standard InChI is InChI=1S/C34H24FNO4/c1-40-22-11-8-10-21(19-22)29-30(31(37)25-14-5-6-15-26(25)35)36-27-16-7-2-9-20(27)17-18-28(36)34(29)32(38)23-12-3-4-13-24(23)33(34)39/h2-19,28-30H,1H3/t28-,29+,30+/m1/s1. The highest BCUT2D eigenvalue weighted by Crippen LogP contribution is 2.61. The first-order valence-corrected chi connectivity index (χ1v) is 13.2. The molecule has 1 saturated heterocycles. The molecule has 1 fully saturated rings. The van der Waals surface area contributed by atoms with E-state index in [1.807, 2.05) is 47.4 Å². The summed E-state index contributed by atoms with van der Waals surface area (Å²) in [7, 11) is 1.54. The van der Waals surface area contributed by atoms with Crippen molar-refractivity contribution in [1.82, 2.24) is 0 Å². The van der Waals surface area contributed by atoms with Crippen molar-refractivity contribution in [2.75, 3.05) is 12.0 Å². The van der Waals surface area contributed by atoms with Crippen LogP contribution in [-0.4, -0.2) is 36.5 Å². The third-order valence-corrected chi connectivity index (χ3v) is 8.57. The summed E-state index contributed by atoms with van der Waals surface area (Å²) in [6.07, 6.45) is 3.76. The number of ether oxygens (including phenoxy) is 1. The Kier molecular flexibility index (Phi) is 5.36. The summed E-state index contributed by atoms with van der Waals surface area (Å²) in [5, 5.41) is 0. The second-order valence-electron chi connectivity index (χ2n) is 10.4. The van der Waals surface area contributed by atoms with Gasteiger partial charge in [-0.05, 0) is 41.5 Å². The van der Waals surface area contributed by atoms with Gasteiger partial charge in [-0.2, -0.15) is 0 Å². The molecule has 40 heavy (non-hydrogen) atoms. The Hall–Kier alpha value is -4.84. The summed E-state index contributed by atoms with van der Waals surface area (Å²) in [5.41, 5.74) is 1.11. The smallest absolute Gasteiger partial charge is 0.188 e. The molecular formula is C34H24FNO4. The number of carbonyl (C=O) groups excluding carboxylic acids is 3. The maximum Gasteiger partial charge on any atom is 0.188 e. The number of fused-ring (bicyclic) bond motifs is 5. The predicted octanol–water partition coefficient (Wildman–Crippen LogP) is 6.15. The molecule has 0 N–H and O–H groups in total. The number of carbonyl (C=O) groups is 3. The van der Waals surface area contributed by atoms with Crippen LogP contribution in [0.3, 0.4) is 0 Å². The number of nitrogens with zero attached hydrogens (tertiary/aromatic N) is 1. The van der Waals surface area contributed by atoms with Gasteiger partial charge in [0, 0.05) is 22.7 Å². The van der Waals surface area contributed by atoms with Gasteiger partial charge in [-0.1, -0.05) is 78.9 Å². The average molecular weight is 530 g/mol. The molecule has 1 aliphatic carbocycles. The fraction of sp³-hybridized carbons (Fsp3) is 0.147. The van der Waals surface area contributed by atoms with Gasteiger partial charge in [0.25, 0.3) is 0 Å². The van der Waals surface area contributed by atoms with Crippen LogP contribution in [0.5, 0.6) is 5.75 Å². The van der Waals surface area contributed by atoms with Crippen molar-refractivity contribution in [3.05, 3.63) is 137 Å². The second-order valence-corrected chi connectivity index (χ2v) is 10.4. The molecule has 0 aromatic heterocycles. The normalized spacial score (nSPS) is 21.8. The van der Waals surface area contributed by atoms with Crippen molar-refractivity contribution >= 4 is 29.1 Å². The van der Waals surface area contributed by atoms with Gasteiger partial charge in [0.05, 0.1) is 18.7 Å². The number of hydrogen-bond donors (Lipinski definition) is 0. The highest BCUT2D eigenvalue weighted by molar-refractivity contribution is 6.32. The number of rotatable bonds is 4. The Labute approximate surface area is 230 Å². The Morgan fingerprint density at radius 2 is 1.52 bits per heavy atom. The number of benzene rings is 4. The summed E-state index contributed by atoms with van der Waals surface area (Å²) in [6.45, 7) is 0. The van der Waals surface area contributed by atoms with Crippen molar-refractivity contribution < 1.29 is 23.5 Å². The lowest BCUT2D eigenvalue weighted by molar-refractivity contribution is 0.0665. The van der Waals surface area contributed by atoms with Crippen LogP contribution in [-0.2, 0) is 0 Å². The number of methoxy groups -OCH3 is 1. The monoisotopic (exact) mass is 529 g/mol. The van der Waals surface area contributed by atoms with E-state index in [1.165, 1.54) is 25.3 Å². The molecule has 4 aromatic rings. The minimum Gasteiger partial charge on any atom is -0.497 e. The second kappa shape index (κ2) is 8.85. The van der Waals surface area contributed by atoms with Gasteiger partial charge < -0.3 is 9.64 Å². The van der Waals surface area contributed by atoms with Gasteiger partial charge in [-0.15, -0.1) is 0 Å². The maximum absolute atomic E-state index is 15.2. The number of anilines is 1. The molecule has 4 aromatic carbocycles. The topological polar surface area (TPSA) is 63.7 Å². The molecule has 0 radical (unpaired) electrons. The first-order valence-electron chi connectivity index (χ1n) is 13.2. The van der Waals surface area contributed by atoms with E-state index in [-0.39, 0.29) is 17.1 Å². The molecular weight excluding hydrogens is 505 g/mol. The molecule has 7 rings (SSSR count). The zero-order valence-corrected chi connectivity index (χ0v) is 21.6. The first kappa shape index (κ1) is 24.2. The Balaban J connectivity index is 1.57. The summed E-state index contributed by atoms with van der Waals surface area (Å²) in [4.78, 5) is 45.6. The van der Waals surface area contributed by atoms with Crippen LogP contribution in [0.15, 0.2) is 103 Å². The van der Waals surface area contributed by atoms with Gasteiger partial charge in [0.15, 0.2) is 17.3 Å². The number of hydrogen-bond acceptors (Lipinski definition) is 5. The lowest BCUT2D eigenvalue weighted by Crippen LogP contribution is -2.48. The van der Waals surface area contributed by atoms with E-state index in [0.29, 0.717) is 28.1 Å². The zero-order chi connectivity index (χ0) is 27.6.